The van der Waals surface area contributed by atoms with E-state index in [0.29, 0.717) is 5.92 Å². The Kier molecular flexibility index (Phi) is 4.68. The lowest BCUT2D eigenvalue weighted by molar-refractivity contribution is -0.383. The molecule has 0 bridgehead atoms. The highest BCUT2D eigenvalue weighted by Crippen LogP contribution is 2.23. The van der Waals surface area contributed by atoms with Crippen LogP contribution in [0, 0.1) is 16.0 Å². The third-order valence-corrected chi connectivity index (χ3v) is 3.48. The Bertz CT molecular complexity index is 504. The van der Waals surface area contributed by atoms with Gasteiger partial charge in [0.2, 0.25) is 5.91 Å². The van der Waals surface area contributed by atoms with Crippen LogP contribution in [0.1, 0.15) is 19.8 Å². The molecule has 2 rings (SSSR count). The highest BCUT2D eigenvalue weighted by molar-refractivity contribution is 5.94. The van der Waals surface area contributed by atoms with Crippen molar-refractivity contribution in [1.82, 2.24) is 4.90 Å². The summed E-state index contributed by atoms with van der Waals surface area (Å²) in [6.07, 6.45) is 2.29. The number of hydrogen-bond acceptors (Lipinski definition) is 4. The van der Waals surface area contributed by atoms with Gasteiger partial charge in [-0.2, -0.15) is 0 Å². The van der Waals surface area contributed by atoms with Crippen molar-refractivity contribution in [2.45, 2.75) is 19.8 Å². The van der Waals surface area contributed by atoms with Gasteiger partial charge in [0.25, 0.3) is 5.69 Å². The van der Waals surface area contributed by atoms with Crippen molar-refractivity contribution in [3.05, 3.63) is 34.4 Å². The minimum atomic E-state index is -0.488. The Labute approximate surface area is 117 Å². The van der Waals surface area contributed by atoms with E-state index < -0.39 is 4.92 Å². The molecule has 0 unspecified atom stereocenters. The molecule has 0 aromatic heterocycles. The van der Waals surface area contributed by atoms with E-state index in [1.165, 1.54) is 12.5 Å². The summed E-state index contributed by atoms with van der Waals surface area (Å²) in [6, 6.07) is 6.19. The van der Waals surface area contributed by atoms with E-state index in [0.717, 1.165) is 19.5 Å². The summed E-state index contributed by atoms with van der Waals surface area (Å²) in [4.78, 5) is 24.5. The Morgan fingerprint density at radius 2 is 2.25 bits per heavy atom. The standard InChI is InChI=1S/C14H19N3O3/c1-11-5-4-8-16(9-11)10-14(18)15-12-6-2-3-7-13(12)17(19)20/h2-3,6-7,11H,4-5,8-10H2,1H3,(H,15,18)/t11-/m0/s1. The first kappa shape index (κ1) is 14.5. The second-order valence-electron chi connectivity index (χ2n) is 5.30. The molecule has 1 aromatic rings. The van der Waals surface area contributed by atoms with Crippen molar-refractivity contribution in [3.8, 4) is 0 Å². The molecule has 1 aliphatic heterocycles. The number of amides is 1. The monoisotopic (exact) mass is 277 g/mol. The Morgan fingerprint density at radius 1 is 1.50 bits per heavy atom. The zero-order chi connectivity index (χ0) is 14.5. The number of nitrogens with zero attached hydrogens (tertiary/aromatic N) is 2. The molecule has 6 heteroatoms. The average Bonchev–Trinajstić information content (AvgIpc) is 2.38. The quantitative estimate of drug-likeness (QED) is 0.676. The summed E-state index contributed by atoms with van der Waals surface area (Å²) in [5.74, 6) is 0.399. The third kappa shape index (κ3) is 3.77. The molecule has 1 fully saturated rings. The van der Waals surface area contributed by atoms with Gasteiger partial charge in [-0.15, -0.1) is 0 Å². The molecule has 1 heterocycles. The number of nitro groups is 1. The predicted octanol–water partition coefficient (Wildman–Crippen LogP) is 2.27. The number of nitrogens with one attached hydrogen (secondary N) is 1. The van der Waals surface area contributed by atoms with Crippen LogP contribution in [-0.2, 0) is 4.79 Å². The molecule has 6 nitrogen and oxygen atoms in total. The molecular weight excluding hydrogens is 258 g/mol. The smallest absolute Gasteiger partial charge is 0.292 e. The van der Waals surface area contributed by atoms with E-state index in [1.54, 1.807) is 18.2 Å². The van der Waals surface area contributed by atoms with Crippen LogP contribution in [-0.4, -0.2) is 35.4 Å². The van der Waals surface area contributed by atoms with Crippen LogP contribution >= 0.6 is 0 Å². The molecule has 20 heavy (non-hydrogen) atoms. The van der Waals surface area contributed by atoms with Gasteiger partial charge in [-0.25, -0.2) is 0 Å². The first-order chi connectivity index (χ1) is 9.56. The molecule has 1 amide bonds. The summed E-state index contributed by atoms with van der Waals surface area (Å²) < 4.78 is 0. The summed E-state index contributed by atoms with van der Waals surface area (Å²) >= 11 is 0. The molecule has 0 spiro atoms. The zero-order valence-corrected chi connectivity index (χ0v) is 11.5. The lowest BCUT2D eigenvalue weighted by atomic mass is 10.0. The minimum absolute atomic E-state index is 0.0761. The highest BCUT2D eigenvalue weighted by atomic mass is 16.6. The summed E-state index contributed by atoms with van der Waals surface area (Å²) in [7, 11) is 0. The summed E-state index contributed by atoms with van der Waals surface area (Å²) in [5.41, 5.74) is 0.181. The Hall–Kier alpha value is -1.95. The number of carbonyl (C=O) groups is 1. The Morgan fingerprint density at radius 3 is 2.95 bits per heavy atom. The van der Waals surface area contributed by atoms with Gasteiger partial charge in [-0.05, 0) is 31.4 Å². The molecule has 108 valence electrons. The second kappa shape index (κ2) is 6.47. The molecule has 0 aliphatic carbocycles. The number of piperidine rings is 1. The largest absolute Gasteiger partial charge is 0.319 e. The fourth-order valence-corrected chi connectivity index (χ4v) is 2.56. The SMILES string of the molecule is C[C@H]1CCCN(CC(=O)Nc2ccccc2[N+](=O)[O-])C1. The number of hydrogen-bond donors (Lipinski definition) is 1. The van der Waals surface area contributed by atoms with Crippen LogP contribution in [0.5, 0.6) is 0 Å². The predicted molar refractivity (Wildman–Crippen MR) is 76.6 cm³/mol. The first-order valence-corrected chi connectivity index (χ1v) is 6.82. The molecule has 1 saturated heterocycles. The van der Waals surface area contributed by atoms with E-state index in [1.807, 2.05) is 0 Å². The fourth-order valence-electron chi connectivity index (χ4n) is 2.56. The van der Waals surface area contributed by atoms with E-state index >= 15 is 0 Å². The minimum Gasteiger partial charge on any atom is -0.319 e. The van der Waals surface area contributed by atoms with E-state index in [4.69, 9.17) is 0 Å². The molecule has 1 aliphatic rings. The highest BCUT2D eigenvalue weighted by Gasteiger charge is 2.20. The molecule has 0 saturated carbocycles. The van der Waals surface area contributed by atoms with Crippen LogP contribution in [0.2, 0.25) is 0 Å². The first-order valence-electron chi connectivity index (χ1n) is 6.82. The van der Waals surface area contributed by atoms with Crippen molar-refractivity contribution in [3.63, 3.8) is 0 Å². The van der Waals surface area contributed by atoms with Gasteiger partial charge in [-0.3, -0.25) is 19.8 Å². The number of benzene rings is 1. The van der Waals surface area contributed by atoms with Crippen molar-refractivity contribution in [1.29, 1.82) is 0 Å². The number of likely N-dealkylation sites (tertiary alicyclic amines) is 1. The molecular formula is C14H19N3O3. The normalized spacial score (nSPS) is 19.6. The Balaban J connectivity index is 1.96. The second-order valence-corrected chi connectivity index (χ2v) is 5.30. The van der Waals surface area contributed by atoms with Crippen LogP contribution < -0.4 is 5.32 Å². The molecule has 1 aromatic carbocycles. The van der Waals surface area contributed by atoms with E-state index in [-0.39, 0.29) is 23.8 Å². The van der Waals surface area contributed by atoms with Crippen LogP contribution in [0.4, 0.5) is 11.4 Å². The van der Waals surface area contributed by atoms with Gasteiger partial charge in [0, 0.05) is 12.6 Å². The van der Waals surface area contributed by atoms with Gasteiger partial charge in [-0.1, -0.05) is 19.1 Å². The third-order valence-electron chi connectivity index (χ3n) is 3.48. The summed E-state index contributed by atoms with van der Waals surface area (Å²) in [6.45, 7) is 4.28. The number of anilines is 1. The van der Waals surface area contributed by atoms with Gasteiger partial charge >= 0.3 is 0 Å². The van der Waals surface area contributed by atoms with Crippen molar-refractivity contribution in [2.75, 3.05) is 25.0 Å². The lowest BCUT2D eigenvalue weighted by Gasteiger charge is -2.30. The van der Waals surface area contributed by atoms with Gasteiger partial charge in [0.15, 0.2) is 0 Å². The van der Waals surface area contributed by atoms with Gasteiger partial charge in [0.05, 0.1) is 11.5 Å². The van der Waals surface area contributed by atoms with E-state index in [2.05, 4.69) is 17.1 Å². The molecule has 1 N–H and O–H groups in total. The molecule has 0 radical (unpaired) electrons. The van der Waals surface area contributed by atoms with Crippen molar-refractivity contribution < 1.29 is 9.72 Å². The number of carbonyl (C=O) groups excluding carboxylic acids is 1. The topological polar surface area (TPSA) is 75.5 Å². The number of rotatable bonds is 4. The number of nitro benzene ring substituents is 1. The van der Waals surface area contributed by atoms with Gasteiger partial charge < -0.3 is 5.32 Å². The number of para-hydroxylation sites is 2. The lowest BCUT2D eigenvalue weighted by Crippen LogP contribution is -2.39. The zero-order valence-electron chi connectivity index (χ0n) is 11.5. The van der Waals surface area contributed by atoms with E-state index in [9.17, 15) is 14.9 Å². The maximum Gasteiger partial charge on any atom is 0.292 e. The molecule has 1 atom stereocenters. The summed E-state index contributed by atoms with van der Waals surface area (Å²) in [5, 5.41) is 13.5. The van der Waals surface area contributed by atoms with Gasteiger partial charge in [0.1, 0.15) is 5.69 Å². The van der Waals surface area contributed by atoms with Crippen LogP contribution in [0.15, 0.2) is 24.3 Å². The maximum absolute atomic E-state index is 12.0. The maximum atomic E-state index is 12.0. The van der Waals surface area contributed by atoms with Crippen LogP contribution in [0.25, 0.3) is 0 Å². The fraction of sp³-hybridized carbons (Fsp3) is 0.500. The average molecular weight is 277 g/mol. The van der Waals surface area contributed by atoms with Crippen LogP contribution in [0.3, 0.4) is 0 Å². The van der Waals surface area contributed by atoms with Crippen molar-refractivity contribution in [2.24, 2.45) is 5.92 Å². The van der Waals surface area contributed by atoms with Crippen molar-refractivity contribution >= 4 is 17.3 Å².